The molecule has 136 valence electrons. The van der Waals surface area contributed by atoms with Crippen LogP contribution in [0.25, 0.3) is 11.2 Å². The van der Waals surface area contributed by atoms with Gasteiger partial charge in [0, 0.05) is 22.9 Å². The highest BCUT2D eigenvalue weighted by Gasteiger charge is 2.16. The van der Waals surface area contributed by atoms with Gasteiger partial charge in [0.05, 0.1) is 24.2 Å². The first-order valence-corrected chi connectivity index (χ1v) is 9.50. The number of H-pyrrole nitrogens is 1. The van der Waals surface area contributed by atoms with E-state index in [1.165, 1.54) is 5.56 Å². The second kappa shape index (κ2) is 7.48. The number of hydrogen-bond donors (Lipinski definition) is 1. The van der Waals surface area contributed by atoms with Crippen LogP contribution in [0, 0.1) is 0 Å². The van der Waals surface area contributed by atoms with Gasteiger partial charge >= 0.3 is 0 Å². The van der Waals surface area contributed by atoms with Crippen LogP contribution in [-0.2, 0) is 6.42 Å². The first kappa shape index (κ1) is 17.7. The Morgan fingerprint density at radius 1 is 1.07 bits per heavy atom. The number of halogens is 1. The lowest BCUT2D eigenvalue weighted by atomic mass is 10.1. The molecule has 0 saturated carbocycles. The van der Waals surface area contributed by atoms with Gasteiger partial charge < -0.3 is 9.72 Å². The third-order valence-electron chi connectivity index (χ3n) is 4.58. The van der Waals surface area contributed by atoms with Crippen molar-refractivity contribution in [2.24, 2.45) is 0 Å². The van der Waals surface area contributed by atoms with Crippen molar-refractivity contribution in [3.8, 4) is 5.75 Å². The highest BCUT2D eigenvalue weighted by molar-refractivity contribution is 9.10. The zero-order valence-electron chi connectivity index (χ0n) is 15.1. The molecule has 0 aliphatic heterocycles. The van der Waals surface area contributed by atoms with E-state index in [4.69, 9.17) is 4.74 Å². The van der Waals surface area contributed by atoms with Gasteiger partial charge in [0.2, 0.25) is 0 Å². The molecule has 4 aromatic rings. The van der Waals surface area contributed by atoms with Crippen molar-refractivity contribution in [1.29, 1.82) is 0 Å². The van der Waals surface area contributed by atoms with Crippen LogP contribution in [0.5, 0.6) is 5.75 Å². The lowest BCUT2D eigenvalue weighted by Gasteiger charge is -2.09. The van der Waals surface area contributed by atoms with Crippen molar-refractivity contribution < 1.29 is 4.74 Å². The van der Waals surface area contributed by atoms with E-state index in [1.807, 2.05) is 18.3 Å². The summed E-state index contributed by atoms with van der Waals surface area (Å²) in [6.45, 7) is 2.07. The summed E-state index contributed by atoms with van der Waals surface area (Å²) < 4.78 is 6.38. The molecule has 1 N–H and O–H groups in total. The van der Waals surface area contributed by atoms with E-state index in [0.717, 1.165) is 44.9 Å². The number of hydrogen-bond acceptors (Lipinski definition) is 4. The smallest absolute Gasteiger partial charge is 0.177 e. The van der Waals surface area contributed by atoms with E-state index in [2.05, 4.69) is 73.1 Å². The van der Waals surface area contributed by atoms with E-state index in [1.54, 1.807) is 13.3 Å². The molecule has 0 fully saturated rings. The predicted molar refractivity (Wildman–Crippen MR) is 109 cm³/mol. The van der Waals surface area contributed by atoms with E-state index >= 15 is 0 Å². The molecule has 4 rings (SSSR count). The quantitative estimate of drug-likeness (QED) is 0.498. The van der Waals surface area contributed by atoms with Crippen LogP contribution in [-0.4, -0.2) is 27.0 Å². The summed E-state index contributed by atoms with van der Waals surface area (Å²) in [5, 5.41) is 0. The van der Waals surface area contributed by atoms with Crippen molar-refractivity contribution in [2.45, 2.75) is 19.3 Å². The van der Waals surface area contributed by atoms with Crippen LogP contribution in [0.3, 0.4) is 0 Å². The lowest BCUT2D eigenvalue weighted by molar-refractivity contribution is 0.413. The van der Waals surface area contributed by atoms with Gasteiger partial charge in [-0.05, 0) is 48.7 Å². The standard InChI is InChI=1S/C21H19BrN4O/c1-13(18-11-17(27-2)7-8-23-18)20-25-19-10-15(12-24-21(19)26-20)9-14-3-5-16(22)6-4-14/h3-8,10-13H,9H2,1-2H3,(H,24,25,26). The molecular weight excluding hydrogens is 404 g/mol. The molecule has 0 aliphatic rings. The monoisotopic (exact) mass is 422 g/mol. The Hall–Kier alpha value is -2.73. The summed E-state index contributed by atoms with van der Waals surface area (Å²) in [6, 6.07) is 14.2. The molecule has 1 unspecified atom stereocenters. The van der Waals surface area contributed by atoms with Crippen LogP contribution in [0.1, 0.15) is 35.5 Å². The summed E-state index contributed by atoms with van der Waals surface area (Å²) in [5.74, 6) is 1.65. The van der Waals surface area contributed by atoms with Gasteiger partial charge in [0.15, 0.2) is 5.65 Å². The van der Waals surface area contributed by atoms with Gasteiger partial charge in [0.25, 0.3) is 0 Å². The van der Waals surface area contributed by atoms with Crippen molar-refractivity contribution in [2.75, 3.05) is 7.11 Å². The van der Waals surface area contributed by atoms with Crippen molar-refractivity contribution in [3.63, 3.8) is 0 Å². The molecule has 0 radical (unpaired) electrons. The third-order valence-corrected chi connectivity index (χ3v) is 5.10. The number of pyridine rings is 2. The molecule has 0 amide bonds. The Morgan fingerprint density at radius 2 is 1.89 bits per heavy atom. The first-order valence-electron chi connectivity index (χ1n) is 8.71. The van der Waals surface area contributed by atoms with E-state index in [9.17, 15) is 0 Å². The van der Waals surface area contributed by atoms with Gasteiger partial charge in [-0.2, -0.15) is 0 Å². The molecule has 0 spiro atoms. The average Bonchev–Trinajstić information content (AvgIpc) is 3.12. The van der Waals surface area contributed by atoms with E-state index in [-0.39, 0.29) is 5.92 Å². The molecule has 3 heterocycles. The molecule has 0 bridgehead atoms. The summed E-state index contributed by atoms with van der Waals surface area (Å²) in [5.41, 5.74) is 4.96. The van der Waals surface area contributed by atoms with E-state index < -0.39 is 0 Å². The third kappa shape index (κ3) is 3.85. The number of aromatic amines is 1. The van der Waals surface area contributed by atoms with Gasteiger partial charge in [0.1, 0.15) is 11.6 Å². The summed E-state index contributed by atoms with van der Waals surface area (Å²) in [7, 11) is 1.65. The fraction of sp³-hybridized carbons (Fsp3) is 0.190. The minimum atomic E-state index is 0.0178. The van der Waals surface area contributed by atoms with Gasteiger partial charge in [-0.25, -0.2) is 9.97 Å². The molecular formula is C21H19BrN4O. The summed E-state index contributed by atoms with van der Waals surface area (Å²) in [4.78, 5) is 17.0. The number of imidazole rings is 1. The molecule has 0 aliphatic carbocycles. The minimum absolute atomic E-state index is 0.0178. The zero-order chi connectivity index (χ0) is 18.8. The van der Waals surface area contributed by atoms with Crippen LogP contribution >= 0.6 is 15.9 Å². The normalized spacial score (nSPS) is 12.3. The number of rotatable bonds is 5. The molecule has 1 aromatic carbocycles. The number of nitrogens with one attached hydrogen (secondary N) is 1. The minimum Gasteiger partial charge on any atom is -0.497 e. The van der Waals surface area contributed by atoms with Crippen molar-refractivity contribution in [1.82, 2.24) is 19.9 Å². The van der Waals surface area contributed by atoms with Crippen LogP contribution < -0.4 is 4.74 Å². The SMILES string of the molecule is COc1ccnc(C(C)c2nc3ncc(Cc4ccc(Br)cc4)cc3[nH]2)c1. The molecule has 1 atom stereocenters. The Labute approximate surface area is 166 Å². The second-order valence-electron chi connectivity index (χ2n) is 6.48. The number of fused-ring (bicyclic) bond motifs is 1. The van der Waals surface area contributed by atoms with Gasteiger partial charge in [-0.3, -0.25) is 4.98 Å². The fourth-order valence-electron chi connectivity index (χ4n) is 3.03. The topological polar surface area (TPSA) is 63.7 Å². The number of ether oxygens (including phenoxy) is 1. The largest absolute Gasteiger partial charge is 0.497 e. The van der Waals surface area contributed by atoms with Gasteiger partial charge in [-0.15, -0.1) is 0 Å². The molecule has 6 heteroatoms. The highest BCUT2D eigenvalue weighted by Crippen LogP contribution is 2.25. The summed E-state index contributed by atoms with van der Waals surface area (Å²) in [6.07, 6.45) is 4.48. The van der Waals surface area contributed by atoms with Crippen LogP contribution in [0.4, 0.5) is 0 Å². The van der Waals surface area contributed by atoms with E-state index in [0.29, 0.717) is 0 Å². The number of methoxy groups -OCH3 is 1. The first-order chi connectivity index (χ1) is 13.1. The maximum absolute atomic E-state index is 5.29. The Bertz CT molecular complexity index is 1080. The molecule has 27 heavy (non-hydrogen) atoms. The number of benzene rings is 1. The van der Waals surface area contributed by atoms with Crippen molar-refractivity contribution >= 4 is 27.1 Å². The average molecular weight is 423 g/mol. The number of aromatic nitrogens is 4. The van der Waals surface area contributed by atoms with Gasteiger partial charge in [-0.1, -0.05) is 28.1 Å². The molecule has 0 saturated heterocycles. The Morgan fingerprint density at radius 3 is 2.67 bits per heavy atom. The summed E-state index contributed by atoms with van der Waals surface area (Å²) >= 11 is 3.47. The predicted octanol–water partition coefficient (Wildman–Crippen LogP) is 4.87. The molecule has 3 aromatic heterocycles. The molecule has 5 nitrogen and oxygen atoms in total. The van der Waals surface area contributed by atoms with Crippen LogP contribution in [0.2, 0.25) is 0 Å². The zero-order valence-corrected chi connectivity index (χ0v) is 16.7. The maximum atomic E-state index is 5.29. The lowest BCUT2D eigenvalue weighted by Crippen LogP contribution is -2.01. The fourth-order valence-corrected chi connectivity index (χ4v) is 3.30. The van der Waals surface area contributed by atoms with Crippen molar-refractivity contribution in [3.05, 3.63) is 82.0 Å². The second-order valence-corrected chi connectivity index (χ2v) is 7.40. The highest BCUT2D eigenvalue weighted by atomic mass is 79.9. The number of nitrogens with zero attached hydrogens (tertiary/aromatic N) is 3. The van der Waals surface area contributed by atoms with Crippen LogP contribution in [0.15, 0.2) is 59.3 Å². The maximum Gasteiger partial charge on any atom is 0.177 e. The Balaban J connectivity index is 1.61. The Kier molecular flexibility index (Phi) is 4.90.